The van der Waals surface area contributed by atoms with E-state index in [1.807, 2.05) is 30.3 Å². The van der Waals surface area contributed by atoms with Crippen molar-refractivity contribution < 1.29 is 0 Å². The summed E-state index contributed by atoms with van der Waals surface area (Å²) in [7, 11) is 0. The van der Waals surface area contributed by atoms with E-state index in [9.17, 15) is 0 Å². The molecule has 0 fully saturated rings. The van der Waals surface area contributed by atoms with Crippen LogP contribution in [0.25, 0.3) is 0 Å². The fourth-order valence-electron chi connectivity index (χ4n) is 1.40. The van der Waals surface area contributed by atoms with E-state index in [-0.39, 0.29) is 6.04 Å². The van der Waals surface area contributed by atoms with Gasteiger partial charge in [0.1, 0.15) is 0 Å². The minimum Gasteiger partial charge on any atom is -0.320 e. The fraction of sp³-hybridized carbons (Fsp3) is 0.0909. The zero-order valence-corrected chi connectivity index (χ0v) is 12.0. The van der Waals surface area contributed by atoms with Gasteiger partial charge in [-0.15, -0.1) is 11.3 Å². The summed E-state index contributed by atoms with van der Waals surface area (Å²) in [5.41, 5.74) is 7.04. The van der Waals surface area contributed by atoms with E-state index in [4.69, 9.17) is 28.9 Å². The molecular formula is C11H8BrCl2NS. The van der Waals surface area contributed by atoms with Crippen molar-refractivity contribution in [2.75, 3.05) is 0 Å². The lowest BCUT2D eigenvalue weighted by atomic mass is 10.1. The molecule has 0 aliphatic heterocycles. The largest absolute Gasteiger partial charge is 0.320 e. The first kappa shape index (κ1) is 12.4. The van der Waals surface area contributed by atoms with E-state index in [2.05, 4.69) is 15.9 Å². The van der Waals surface area contributed by atoms with E-state index >= 15 is 0 Å². The average Bonchev–Trinajstić information content (AvgIpc) is 2.64. The zero-order valence-electron chi connectivity index (χ0n) is 8.08. The van der Waals surface area contributed by atoms with Gasteiger partial charge in [0.2, 0.25) is 0 Å². The molecule has 1 unspecified atom stereocenters. The quantitative estimate of drug-likeness (QED) is 0.832. The number of thiophene rings is 1. The van der Waals surface area contributed by atoms with Gasteiger partial charge in [-0.25, -0.2) is 0 Å². The first-order chi connectivity index (χ1) is 7.58. The van der Waals surface area contributed by atoms with Gasteiger partial charge in [0.05, 0.1) is 10.4 Å². The minimum absolute atomic E-state index is 0.224. The third kappa shape index (κ3) is 2.60. The summed E-state index contributed by atoms with van der Waals surface area (Å²) in [6, 6.07) is 9.23. The van der Waals surface area contributed by atoms with Crippen LogP contribution in [0, 0.1) is 0 Å². The van der Waals surface area contributed by atoms with Crippen molar-refractivity contribution in [3.63, 3.8) is 0 Å². The SMILES string of the molecule is NC(c1ccc(Cl)s1)c1ccc(Br)cc1Cl. The molecule has 2 aromatic rings. The van der Waals surface area contributed by atoms with E-state index in [0.29, 0.717) is 5.02 Å². The molecular weight excluding hydrogens is 329 g/mol. The maximum absolute atomic E-state index is 6.14. The monoisotopic (exact) mass is 335 g/mol. The molecule has 0 aliphatic rings. The van der Waals surface area contributed by atoms with Crippen LogP contribution < -0.4 is 5.73 Å². The fourth-order valence-corrected chi connectivity index (χ4v) is 3.27. The number of benzene rings is 1. The van der Waals surface area contributed by atoms with Gasteiger partial charge in [-0.05, 0) is 29.8 Å². The summed E-state index contributed by atoms with van der Waals surface area (Å²) in [4.78, 5) is 1.01. The van der Waals surface area contributed by atoms with E-state index in [0.717, 1.165) is 19.2 Å². The molecule has 2 rings (SSSR count). The third-order valence-electron chi connectivity index (χ3n) is 2.20. The lowest BCUT2D eigenvalue weighted by Crippen LogP contribution is -2.10. The number of rotatable bonds is 2. The molecule has 0 radical (unpaired) electrons. The van der Waals surface area contributed by atoms with E-state index in [1.54, 1.807) is 0 Å². The Morgan fingerprint density at radius 1 is 1.19 bits per heavy atom. The molecule has 1 nitrogen and oxygen atoms in total. The average molecular weight is 337 g/mol. The Morgan fingerprint density at radius 3 is 2.50 bits per heavy atom. The molecule has 1 atom stereocenters. The molecule has 1 heterocycles. The van der Waals surface area contributed by atoms with Gasteiger partial charge in [-0.3, -0.25) is 0 Å². The van der Waals surface area contributed by atoms with Gasteiger partial charge in [0, 0.05) is 14.4 Å². The zero-order chi connectivity index (χ0) is 11.7. The molecule has 0 saturated carbocycles. The maximum atomic E-state index is 6.14. The minimum atomic E-state index is -0.224. The molecule has 0 saturated heterocycles. The second-order valence-corrected chi connectivity index (χ2v) is 6.35. The summed E-state index contributed by atoms with van der Waals surface area (Å²) in [6.45, 7) is 0. The summed E-state index contributed by atoms with van der Waals surface area (Å²) < 4.78 is 1.68. The molecule has 5 heteroatoms. The Bertz CT molecular complexity index is 512. The first-order valence-electron chi connectivity index (χ1n) is 4.53. The Kier molecular flexibility index (Phi) is 3.93. The number of halogens is 3. The smallest absolute Gasteiger partial charge is 0.0931 e. The third-order valence-corrected chi connectivity index (χ3v) is 4.33. The Morgan fingerprint density at radius 2 is 1.94 bits per heavy atom. The topological polar surface area (TPSA) is 26.0 Å². The van der Waals surface area contributed by atoms with Crippen molar-refractivity contribution in [2.45, 2.75) is 6.04 Å². The van der Waals surface area contributed by atoms with Gasteiger partial charge in [0.25, 0.3) is 0 Å². The van der Waals surface area contributed by atoms with Crippen LogP contribution in [0.3, 0.4) is 0 Å². The molecule has 1 aromatic heterocycles. The van der Waals surface area contributed by atoms with Crippen LogP contribution in [-0.2, 0) is 0 Å². The highest BCUT2D eigenvalue weighted by Gasteiger charge is 2.14. The molecule has 0 bridgehead atoms. The summed E-state index contributed by atoms with van der Waals surface area (Å²) >= 11 is 16.9. The summed E-state index contributed by atoms with van der Waals surface area (Å²) in [6.07, 6.45) is 0. The van der Waals surface area contributed by atoms with Crippen molar-refractivity contribution in [3.05, 3.63) is 54.6 Å². The van der Waals surface area contributed by atoms with Crippen molar-refractivity contribution in [1.82, 2.24) is 0 Å². The van der Waals surface area contributed by atoms with Crippen LogP contribution in [0.4, 0.5) is 0 Å². The van der Waals surface area contributed by atoms with Crippen molar-refractivity contribution in [2.24, 2.45) is 5.73 Å². The van der Waals surface area contributed by atoms with Gasteiger partial charge in [-0.1, -0.05) is 45.2 Å². The van der Waals surface area contributed by atoms with Crippen LogP contribution in [0.2, 0.25) is 9.36 Å². The van der Waals surface area contributed by atoms with Crippen molar-refractivity contribution in [3.8, 4) is 0 Å². The van der Waals surface area contributed by atoms with E-state index in [1.165, 1.54) is 11.3 Å². The summed E-state index contributed by atoms with van der Waals surface area (Å²) in [5, 5.41) is 0.659. The second kappa shape index (κ2) is 5.07. The summed E-state index contributed by atoms with van der Waals surface area (Å²) in [5.74, 6) is 0. The lowest BCUT2D eigenvalue weighted by Gasteiger charge is -2.12. The van der Waals surface area contributed by atoms with Crippen LogP contribution in [0.1, 0.15) is 16.5 Å². The number of hydrogen-bond donors (Lipinski definition) is 1. The Labute approximate surface area is 116 Å². The second-order valence-electron chi connectivity index (χ2n) is 3.29. The highest BCUT2D eigenvalue weighted by Crippen LogP contribution is 2.33. The van der Waals surface area contributed by atoms with Gasteiger partial charge in [0.15, 0.2) is 0 Å². The van der Waals surface area contributed by atoms with Gasteiger partial charge < -0.3 is 5.73 Å². The van der Waals surface area contributed by atoms with Gasteiger partial charge >= 0.3 is 0 Å². The highest BCUT2D eigenvalue weighted by atomic mass is 79.9. The lowest BCUT2D eigenvalue weighted by molar-refractivity contribution is 0.893. The molecule has 1 aromatic carbocycles. The molecule has 0 amide bonds. The van der Waals surface area contributed by atoms with Crippen molar-refractivity contribution in [1.29, 1.82) is 0 Å². The molecule has 2 N–H and O–H groups in total. The number of hydrogen-bond acceptors (Lipinski definition) is 2. The molecule has 16 heavy (non-hydrogen) atoms. The maximum Gasteiger partial charge on any atom is 0.0931 e. The van der Waals surface area contributed by atoms with Crippen LogP contribution >= 0.6 is 50.5 Å². The normalized spacial score (nSPS) is 12.8. The predicted octanol–water partition coefficient (Wildman–Crippen LogP) is 4.87. The highest BCUT2D eigenvalue weighted by molar-refractivity contribution is 9.10. The van der Waals surface area contributed by atoms with Gasteiger partial charge in [-0.2, -0.15) is 0 Å². The Balaban J connectivity index is 2.37. The van der Waals surface area contributed by atoms with Crippen molar-refractivity contribution >= 4 is 50.5 Å². The van der Waals surface area contributed by atoms with Crippen LogP contribution in [0.5, 0.6) is 0 Å². The van der Waals surface area contributed by atoms with Crippen LogP contribution in [0.15, 0.2) is 34.8 Å². The molecule has 0 aliphatic carbocycles. The van der Waals surface area contributed by atoms with Crippen LogP contribution in [-0.4, -0.2) is 0 Å². The standard InChI is InChI=1S/C11H8BrCl2NS/c12-6-1-2-7(8(13)5-6)11(15)9-3-4-10(14)16-9/h1-5,11H,15H2. The molecule has 84 valence electrons. The first-order valence-corrected chi connectivity index (χ1v) is 6.90. The predicted molar refractivity (Wildman–Crippen MR) is 74.5 cm³/mol. The van der Waals surface area contributed by atoms with E-state index < -0.39 is 0 Å². The number of nitrogens with two attached hydrogens (primary N) is 1. The molecule has 0 spiro atoms. The Hall–Kier alpha value is -0.0600.